The fraction of sp³-hybridized carbons (Fsp3) is 0.667. The molecule has 1 saturated carbocycles. The number of anilines is 1. The molecule has 2 heterocycles. The number of aromatic nitrogens is 2. The summed E-state index contributed by atoms with van der Waals surface area (Å²) in [5.41, 5.74) is 5.88. The largest absolute Gasteiger partial charge is 0.354 e. The Hall–Kier alpha value is -1.69. The van der Waals surface area contributed by atoms with Gasteiger partial charge in [0.05, 0.1) is 0 Å². The quantitative estimate of drug-likeness (QED) is 0.852. The van der Waals surface area contributed by atoms with Gasteiger partial charge in [-0.25, -0.2) is 0 Å². The third-order valence-corrected chi connectivity index (χ3v) is 4.59. The van der Waals surface area contributed by atoms with Gasteiger partial charge in [0.2, 0.25) is 5.91 Å². The second kappa shape index (κ2) is 6.39. The summed E-state index contributed by atoms with van der Waals surface area (Å²) >= 11 is 0. The average molecular weight is 289 g/mol. The van der Waals surface area contributed by atoms with E-state index >= 15 is 0 Å². The summed E-state index contributed by atoms with van der Waals surface area (Å²) in [5.74, 6) is 1.16. The van der Waals surface area contributed by atoms with Gasteiger partial charge < -0.3 is 16.0 Å². The summed E-state index contributed by atoms with van der Waals surface area (Å²) in [5, 5.41) is 11.2. The number of nitrogens with one attached hydrogen (secondary N) is 1. The average Bonchev–Trinajstić information content (AvgIpc) is 3.14. The third-order valence-electron chi connectivity index (χ3n) is 4.59. The normalized spacial score (nSPS) is 28.8. The molecule has 3 rings (SSSR count). The van der Waals surface area contributed by atoms with Crippen molar-refractivity contribution in [2.24, 2.45) is 11.7 Å². The molecule has 3 N–H and O–H groups in total. The highest BCUT2D eigenvalue weighted by molar-refractivity contribution is 5.79. The Morgan fingerprint density at radius 1 is 1.43 bits per heavy atom. The van der Waals surface area contributed by atoms with E-state index in [4.69, 9.17) is 5.73 Å². The van der Waals surface area contributed by atoms with Crippen molar-refractivity contribution in [3.05, 3.63) is 18.3 Å². The molecule has 0 spiro atoms. The van der Waals surface area contributed by atoms with E-state index in [0.29, 0.717) is 12.6 Å². The zero-order chi connectivity index (χ0) is 14.7. The van der Waals surface area contributed by atoms with E-state index in [1.165, 1.54) is 0 Å². The van der Waals surface area contributed by atoms with Crippen molar-refractivity contribution < 1.29 is 4.79 Å². The first-order chi connectivity index (χ1) is 10.2. The zero-order valence-corrected chi connectivity index (χ0v) is 12.2. The lowest BCUT2D eigenvalue weighted by molar-refractivity contribution is -0.124. The van der Waals surface area contributed by atoms with Gasteiger partial charge in [-0.2, -0.15) is 5.10 Å². The smallest absolute Gasteiger partial charge is 0.223 e. The van der Waals surface area contributed by atoms with E-state index < -0.39 is 0 Å². The van der Waals surface area contributed by atoms with Gasteiger partial charge in [-0.05, 0) is 44.2 Å². The van der Waals surface area contributed by atoms with E-state index in [2.05, 4.69) is 20.4 Å². The minimum Gasteiger partial charge on any atom is -0.354 e. The van der Waals surface area contributed by atoms with Gasteiger partial charge in [-0.3, -0.25) is 4.79 Å². The van der Waals surface area contributed by atoms with Crippen molar-refractivity contribution in [3.63, 3.8) is 0 Å². The van der Waals surface area contributed by atoms with Crippen molar-refractivity contribution in [1.29, 1.82) is 0 Å². The van der Waals surface area contributed by atoms with Gasteiger partial charge in [-0.15, -0.1) is 5.10 Å². The molecule has 1 aromatic rings. The Labute approximate surface area is 125 Å². The second-order valence-electron chi connectivity index (χ2n) is 6.09. The lowest BCUT2D eigenvalue weighted by atomic mass is 10.1. The van der Waals surface area contributed by atoms with Gasteiger partial charge in [0, 0.05) is 37.3 Å². The standard InChI is InChI=1S/C15H23N5O/c16-12-6-5-11(9-12)15(21)17-10-13-3-2-8-20(13)14-4-1-7-18-19-14/h1,4,7,11-13H,2-3,5-6,8-10,16H2,(H,17,21). The number of amides is 1. The van der Waals surface area contributed by atoms with Gasteiger partial charge in [0.1, 0.15) is 0 Å². The van der Waals surface area contributed by atoms with E-state index in [1.807, 2.05) is 12.1 Å². The van der Waals surface area contributed by atoms with Crippen LogP contribution in [0.3, 0.4) is 0 Å². The maximum Gasteiger partial charge on any atom is 0.223 e. The first-order valence-electron chi connectivity index (χ1n) is 7.81. The molecule has 2 fully saturated rings. The number of carbonyl (C=O) groups is 1. The Morgan fingerprint density at radius 2 is 2.33 bits per heavy atom. The Balaban J connectivity index is 1.53. The van der Waals surface area contributed by atoms with Crippen LogP contribution in [0.5, 0.6) is 0 Å². The molecular weight excluding hydrogens is 266 g/mol. The molecule has 21 heavy (non-hydrogen) atoms. The SMILES string of the molecule is NC1CCC(C(=O)NCC2CCCN2c2cccnn2)C1. The van der Waals surface area contributed by atoms with Gasteiger partial charge in [0.25, 0.3) is 0 Å². The Morgan fingerprint density at radius 3 is 3.05 bits per heavy atom. The van der Waals surface area contributed by atoms with Crippen molar-refractivity contribution >= 4 is 11.7 Å². The molecule has 0 aromatic carbocycles. The molecule has 1 aliphatic heterocycles. The third kappa shape index (κ3) is 3.32. The lowest BCUT2D eigenvalue weighted by Gasteiger charge is -2.25. The zero-order valence-electron chi connectivity index (χ0n) is 12.2. The number of rotatable bonds is 4. The summed E-state index contributed by atoms with van der Waals surface area (Å²) in [7, 11) is 0. The summed E-state index contributed by atoms with van der Waals surface area (Å²) in [6, 6.07) is 4.39. The maximum absolute atomic E-state index is 12.2. The second-order valence-corrected chi connectivity index (χ2v) is 6.09. The number of nitrogens with two attached hydrogens (primary N) is 1. The Kier molecular flexibility index (Phi) is 4.34. The fourth-order valence-corrected chi connectivity index (χ4v) is 3.41. The first kappa shape index (κ1) is 14.3. The fourth-order valence-electron chi connectivity index (χ4n) is 3.41. The summed E-state index contributed by atoms with van der Waals surface area (Å²) in [6.45, 7) is 1.66. The van der Waals surface area contributed by atoms with Crippen LogP contribution < -0.4 is 16.0 Å². The van der Waals surface area contributed by atoms with Gasteiger partial charge in [-0.1, -0.05) is 0 Å². The van der Waals surface area contributed by atoms with Crippen LogP contribution in [0.1, 0.15) is 32.1 Å². The highest BCUT2D eigenvalue weighted by Gasteiger charge is 2.30. The lowest BCUT2D eigenvalue weighted by Crippen LogP contribution is -2.42. The molecule has 1 amide bonds. The summed E-state index contributed by atoms with van der Waals surface area (Å²) in [6.07, 6.45) is 6.61. The molecule has 3 unspecified atom stereocenters. The van der Waals surface area contributed by atoms with Crippen LogP contribution in [0, 0.1) is 5.92 Å². The Bertz CT molecular complexity index is 480. The molecule has 3 atom stereocenters. The highest BCUT2D eigenvalue weighted by atomic mass is 16.1. The highest BCUT2D eigenvalue weighted by Crippen LogP contribution is 2.25. The van der Waals surface area contributed by atoms with Gasteiger partial charge >= 0.3 is 0 Å². The molecule has 1 aliphatic carbocycles. The molecule has 114 valence electrons. The van der Waals surface area contributed by atoms with Crippen molar-refractivity contribution in [2.75, 3.05) is 18.0 Å². The van der Waals surface area contributed by atoms with Crippen LogP contribution in [0.4, 0.5) is 5.82 Å². The molecule has 0 radical (unpaired) electrons. The summed E-state index contributed by atoms with van der Waals surface area (Å²) < 4.78 is 0. The van der Waals surface area contributed by atoms with Crippen LogP contribution in [-0.4, -0.2) is 41.3 Å². The molecule has 6 heteroatoms. The van der Waals surface area contributed by atoms with Crippen molar-refractivity contribution in [2.45, 2.75) is 44.2 Å². The molecule has 2 aliphatic rings. The summed E-state index contributed by atoms with van der Waals surface area (Å²) in [4.78, 5) is 14.4. The predicted octanol–water partition coefficient (Wildman–Crippen LogP) is 0.689. The first-order valence-corrected chi connectivity index (χ1v) is 7.81. The number of hydrogen-bond acceptors (Lipinski definition) is 5. The van der Waals surface area contributed by atoms with E-state index in [0.717, 1.165) is 44.5 Å². The van der Waals surface area contributed by atoms with Gasteiger partial charge in [0.15, 0.2) is 5.82 Å². The van der Waals surface area contributed by atoms with E-state index in [9.17, 15) is 4.79 Å². The number of nitrogens with zero attached hydrogens (tertiary/aromatic N) is 3. The number of hydrogen-bond donors (Lipinski definition) is 2. The molecular formula is C15H23N5O. The van der Waals surface area contributed by atoms with Crippen LogP contribution in [0.25, 0.3) is 0 Å². The molecule has 6 nitrogen and oxygen atoms in total. The topological polar surface area (TPSA) is 84.1 Å². The molecule has 1 aromatic heterocycles. The minimum absolute atomic E-state index is 0.103. The minimum atomic E-state index is 0.103. The van der Waals surface area contributed by atoms with Crippen LogP contribution in [-0.2, 0) is 4.79 Å². The van der Waals surface area contributed by atoms with E-state index in [-0.39, 0.29) is 17.9 Å². The van der Waals surface area contributed by atoms with Crippen LogP contribution >= 0.6 is 0 Å². The van der Waals surface area contributed by atoms with Crippen LogP contribution in [0.15, 0.2) is 18.3 Å². The van der Waals surface area contributed by atoms with Crippen molar-refractivity contribution in [1.82, 2.24) is 15.5 Å². The molecule has 1 saturated heterocycles. The molecule has 0 bridgehead atoms. The maximum atomic E-state index is 12.2. The monoisotopic (exact) mass is 289 g/mol. The predicted molar refractivity (Wildman–Crippen MR) is 80.7 cm³/mol. The van der Waals surface area contributed by atoms with E-state index in [1.54, 1.807) is 6.20 Å². The van der Waals surface area contributed by atoms with Crippen molar-refractivity contribution in [3.8, 4) is 0 Å². The van der Waals surface area contributed by atoms with Crippen LogP contribution in [0.2, 0.25) is 0 Å². The number of carbonyl (C=O) groups excluding carboxylic acids is 1.